The standard InChI is InChI=1S/C16H20N2OS2/c19-16(6-8-20-9-7-16)12-17-11-15-18-10-14(21-15)13-4-2-1-3-5-13/h1-5,10,17,19H,6-9,11-12H2. The Kier molecular flexibility index (Phi) is 4.95. The fourth-order valence-corrected chi connectivity index (χ4v) is 4.60. The molecule has 3 nitrogen and oxygen atoms in total. The Morgan fingerprint density at radius 2 is 1.95 bits per heavy atom. The van der Waals surface area contributed by atoms with Gasteiger partial charge in [0.2, 0.25) is 0 Å². The first kappa shape index (κ1) is 15.0. The molecular formula is C16H20N2OS2. The summed E-state index contributed by atoms with van der Waals surface area (Å²) in [4.78, 5) is 5.66. The van der Waals surface area contributed by atoms with E-state index in [9.17, 15) is 5.11 Å². The molecule has 1 aromatic carbocycles. The highest BCUT2D eigenvalue weighted by Crippen LogP contribution is 2.27. The number of nitrogens with zero attached hydrogens (tertiary/aromatic N) is 1. The van der Waals surface area contributed by atoms with Gasteiger partial charge >= 0.3 is 0 Å². The zero-order valence-corrected chi connectivity index (χ0v) is 13.6. The van der Waals surface area contributed by atoms with E-state index in [1.807, 2.05) is 36.2 Å². The maximum absolute atomic E-state index is 10.4. The minimum absolute atomic E-state index is 0.523. The molecule has 0 spiro atoms. The van der Waals surface area contributed by atoms with Crippen molar-refractivity contribution < 1.29 is 5.11 Å². The van der Waals surface area contributed by atoms with E-state index in [0.29, 0.717) is 6.54 Å². The summed E-state index contributed by atoms with van der Waals surface area (Å²) in [7, 11) is 0. The van der Waals surface area contributed by atoms with E-state index in [1.54, 1.807) is 11.3 Å². The summed E-state index contributed by atoms with van der Waals surface area (Å²) < 4.78 is 0. The van der Waals surface area contributed by atoms with Crippen molar-refractivity contribution in [2.24, 2.45) is 0 Å². The Morgan fingerprint density at radius 1 is 1.19 bits per heavy atom. The van der Waals surface area contributed by atoms with Crippen LogP contribution in [-0.4, -0.2) is 33.7 Å². The van der Waals surface area contributed by atoms with Crippen LogP contribution >= 0.6 is 23.1 Å². The average molecular weight is 320 g/mol. The van der Waals surface area contributed by atoms with E-state index in [2.05, 4.69) is 22.4 Å². The maximum Gasteiger partial charge on any atom is 0.107 e. The van der Waals surface area contributed by atoms with Crippen LogP contribution in [0, 0.1) is 0 Å². The van der Waals surface area contributed by atoms with Gasteiger partial charge in [0, 0.05) is 19.3 Å². The normalized spacial score (nSPS) is 17.8. The van der Waals surface area contributed by atoms with Gasteiger partial charge in [-0.1, -0.05) is 30.3 Å². The van der Waals surface area contributed by atoms with Crippen molar-refractivity contribution >= 4 is 23.1 Å². The fourth-order valence-electron chi connectivity index (χ4n) is 2.46. The molecule has 0 amide bonds. The molecular weight excluding hydrogens is 300 g/mol. The molecule has 1 saturated heterocycles. The number of rotatable bonds is 5. The molecule has 3 rings (SSSR count). The van der Waals surface area contributed by atoms with Gasteiger partial charge in [0.1, 0.15) is 5.01 Å². The quantitative estimate of drug-likeness (QED) is 0.888. The summed E-state index contributed by atoms with van der Waals surface area (Å²) in [6, 6.07) is 10.3. The van der Waals surface area contributed by atoms with Gasteiger partial charge in [-0.05, 0) is 29.9 Å². The highest BCUT2D eigenvalue weighted by molar-refractivity contribution is 7.99. The van der Waals surface area contributed by atoms with Gasteiger partial charge in [-0.15, -0.1) is 11.3 Å². The van der Waals surface area contributed by atoms with Gasteiger partial charge in [0.25, 0.3) is 0 Å². The summed E-state index contributed by atoms with van der Waals surface area (Å²) in [5, 5.41) is 14.9. The molecule has 2 aromatic rings. The zero-order valence-electron chi connectivity index (χ0n) is 11.9. The first-order valence-electron chi connectivity index (χ1n) is 7.26. The molecule has 0 bridgehead atoms. The number of thioether (sulfide) groups is 1. The number of nitrogens with one attached hydrogen (secondary N) is 1. The van der Waals surface area contributed by atoms with Crippen LogP contribution in [0.3, 0.4) is 0 Å². The lowest BCUT2D eigenvalue weighted by Crippen LogP contribution is -2.43. The second-order valence-electron chi connectivity index (χ2n) is 5.42. The smallest absolute Gasteiger partial charge is 0.107 e. The predicted octanol–water partition coefficient (Wildman–Crippen LogP) is 3.16. The summed E-state index contributed by atoms with van der Waals surface area (Å²) in [6.45, 7) is 1.39. The topological polar surface area (TPSA) is 45.1 Å². The van der Waals surface area contributed by atoms with Crippen LogP contribution < -0.4 is 5.32 Å². The van der Waals surface area contributed by atoms with Gasteiger partial charge in [-0.2, -0.15) is 11.8 Å². The van der Waals surface area contributed by atoms with Gasteiger partial charge in [0.15, 0.2) is 0 Å². The molecule has 112 valence electrons. The molecule has 0 aliphatic carbocycles. The number of thiazole rings is 1. The summed E-state index contributed by atoms with van der Waals surface area (Å²) in [5.41, 5.74) is 0.689. The van der Waals surface area contributed by atoms with Crippen LogP contribution in [0.1, 0.15) is 17.8 Å². The molecule has 0 saturated carbocycles. The van der Waals surface area contributed by atoms with Gasteiger partial charge in [-0.3, -0.25) is 0 Å². The van der Waals surface area contributed by atoms with E-state index >= 15 is 0 Å². The Labute approximate surface area is 133 Å². The van der Waals surface area contributed by atoms with Crippen LogP contribution in [0.2, 0.25) is 0 Å². The van der Waals surface area contributed by atoms with Crippen LogP contribution in [-0.2, 0) is 6.54 Å². The van der Waals surface area contributed by atoms with Crippen LogP contribution in [0.25, 0.3) is 10.4 Å². The molecule has 1 aliphatic heterocycles. The minimum atomic E-state index is -0.523. The highest BCUT2D eigenvalue weighted by atomic mass is 32.2. The second-order valence-corrected chi connectivity index (χ2v) is 7.76. The van der Waals surface area contributed by atoms with Crippen molar-refractivity contribution in [2.45, 2.75) is 25.0 Å². The lowest BCUT2D eigenvalue weighted by atomic mass is 9.97. The van der Waals surface area contributed by atoms with Gasteiger partial charge < -0.3 is 10.4 Å². The Balaban J connectivity index is 1.53. The summed E-state index contributed by atoms with van der Waals surface area (Å²) >= 11 is 3.64. The molecule has 1 aliphatic rings. The van der Waals surface area contributed by atoms with Crippen LogP contribution in [0.15, 0.2) is 36.5 Å². The SMILES string of the molecule is OC1(CNCc2ncc(-c3ccccc3)s2)CCSCC1. The highest BCUT2D eigenvalue weighted by Gasteiger charge is 2.28. The maximum atomic E-state index is 10.4. The number of aliphatic hydroxyl groups is 1. The molecule has 0 radical (unpaired) electrons. The van der Waals surface area contributed by atoms with Crippen molar-refractivity contribution in [3.8, 4) is 10.4 Å². The molecule has 1 aromatic heterocycles. The van der Waals surface area contributed by atoms with Gasteiger partial charge in [-0.25, -0.2) is 4.98 Å². The number of hydrogen-bond donors (Lipinski definition) is 2. The van der Waals surface area contributed by atoms with Crippen LogP contribution in [0.4, 0.5) is 0 Å². The van der Waals surface area contributed by atoms with Gasteiger partial charge in [0.05, 0.1) is 10.5 Å². The Bertz CT molecular complexity index is 565. The molecule has 0 unspecified atom stereocenters. The van der Waals surface area contributed by atoms with Crippen molar-refractivity contribution in [1.29, 1.82) is 0 Å². The predicted molar refractivity (Wildman–Crippen MR) is 90.8 cm³/mol. The largest absolute Gasteiger partial charge is 0.389 e. The first-order valence-corrected chi connectivity index (χ1v) is 9.23. The third-order valence-corrected chi connectivity index (χ3v) is 5.80. The van der Waals surface area contributed by atoms with Crippen molar-refractivity contribution in [2.75, 3.05) is 18.1 Å². The average Bonchev–Trinajstić information content (AvgIpc) is 2.98. The fraction of sp³-hybridized carbons (Fsp3) is 0.438. The monoisotopic (exact) mass is 320 g/mol. The van der Waals surface area contributed by atoms with E-state index in [1.165, 1.54) is 10.4 Å². The van der Waals surface area contributed by atoms with Crippen molar-refractivity contribution in [3.05, 3.63) is 41.5 Å². The first-order chi connectivity index (χ1) is 10.3. The van der Waals surface area contributed by atoms with E-state index in [0.717, 1.165) is 35.9 Å². The lowest BCUT2D eigenvalue weighted by molar-refractivity contribution is 0.0320. The molecule has 2 N–H and O–H groups in total. The van der Waals surface area contributed by atoms with Crippen LogP contribution in [0.5, 0.6) is 0 Å². The minimum Gasteiger partial charge on any atom is -0.389 e. The molecule has 21 heavy (non-hydrogen) atoms. The summed E-state index contributed by atoms with van der Waals surface area (Å²) in [5.74, 6) is 2.13. The Morgan fingerprint density at radius 3 is 2.71 bits per heavy atom. The van der Waals surface area contributed by atoms with E-state index in [4.69, 9.17) is 0 Å². The molecule has 2 heterocycles. The number of benzene rings is 1. The number of aromatic nitrogens is 1. The molecule has 0 atom stereocenters. The van der Waals surface area contributed by atoms with E-state index < -0.39 is 5.60 Å². The van der Waals surface area contributed by atoms with Crippen molar-refractivity contribution in [3.63, 3.8) is 0 Å². The summed E-state index contributed by atoms with van der Waals surface area (Å²) in [6.07, 6.45) is 3.71. The van der Waals surface area contributed by atoms with E-state index in [-0.39, 0.29) is 0 Å². The molecule has 5 heteroatoms. The lowest BCUT2D eigenvalue weighted by Gasteiger charge is -2.31. The Hall–Kier alpha value is -0.880. The van der Waals surface area contributed by atoms with Crippen molar-refractivity contribution in [1.82, 2.24) is 10.3 Å². The number of hydrogen-bond acceptors (Lipinski definition) is 5. The zero-order chi connectivity index (χ0) is 14.5. The second kappa shape index (κ2) is 6.92. The third kappa shape index (κ3) is 4.07. The third-order valence-electron chi connectivity index (χ3n) is 3.77. The molecule has 1 fully saturated rings.